The normalized spacial score (nSPS) is 19.2. The van der Waals surface area contributed by atoms with Crippen LogP contribution in [0.2, 0.25) is 0 Å². The number of nitrogens with zero attached hydrogens (tertiary/aromatic N) is 2. The molecule has 154 valence electrons. The van der Waals surface area contributed by atoms with Crippen molar-refractivity contribution in [2.45, 2.75) is 25.8 Å². The van der Waals surface area contributed by atoms with E-state index in [0.29, 0.717) is 25.2 Å². The zero-order valence-corrected chi connectivity index (χ0v) is 17.6. The van der Waals surface area contributed by atoms with Gasteiger partial charge in [0.25, 0.3) is 5.91 Å². The molecular formula is C22H28N4O2S. The second-order valence-electron chi connectivity index (χ2n) is 7.89. The lowest BCUT2D eigenvalue weighted by Gasteiger charge is -2.36. The van der Waals surface area contributed by atoms with E-state index in [0.717, 1.165) is 24.7 Å². The number of hydrogen-bond donors (Lipinski definition) is 2. The SMILES string of the molecule is CC1CCN(C(CNC(=O)c2cccc(N3CCNC3=O)c2)c2cccs2)CC1. The quantitative estimate of drug-likeness (QED) is 0.763. The van der Waals surface area contributed by atoms with Gasteiger partial charge in [0.2, 0.25) is 0 Å². The first-order valence-corrected chi connectivity index (χ1v) is 11.2. The van der Waals surface area contributed by atoms with Crippen molar-refractivity contribution in [3.63, 3.8) is 0 Å². The van der Waals surface area contributed by atoms with Crippen LogP contribution in [0.4, 0.5) is 10.5 Å². The number of likely N-dealkylation sites (tertiary alicyclic amines) is 1. The van der Waals surface area contributed by atoms with Gasteiger partial charge in [-0.1, -0.05) is 19.1 Å². The summed E-state index contributed by atoms with van der Waals surface area (Å²) in [7, 11) is 0. The molecule has 0 aliphatic carbocycles. The van der Waals surface area contributed by atoms with Crippen molar-refractivity contribution < 1.29 is 9.59 Å². The molecule has 1 aromatic carbocycles. The second-order valence-corrected chi connectivity index (χ2v) is 8.87. The Kier molecular flexibility index (Phi) is 6.16. The molecule has 0 spiro atoms. The van der Waals surface area contributed by atoms with Crippen LogP contribution in [0.1, 0.15) is 41.0 Å². The van der Waals surface area contributed by atoms with Crippen LogP contribution in [0, 0.1) is 5.92 Å². The average Bonchev–Trinajstić information content (AvgIpc) is 3.41. The summed E-state index contributed by atoms with van der Waals surface area (Å²) in [5, 5.41) is 8.02. The van der Waals surface area contributed by atoms with Crippen LogP contribution in [-0.4, -0.2) is 49.6 Å². The Morgan fingerprint density at radius 1 is 1.24 bits per heavy atom. The van der Waals surface area contributed by atoms with Gasteiger partial charge in [-0.2, -0.15) is 0 Å². The summed E-state index contributed by atoms with van der Waals surface area (Å²) in [4.78, 5) is 30.2. The van der Waals surface area contributed by atoms with Gasteiger partial charge in [-0.15, -0.1) is 11.3 Å². The van der Waals surface area contributed by atoms with E-state index in [-0.39, 0.29) is 18.0 Å². The van der Waals surface area contributed by atoms with E-state index in [4.69, 9.17) is 0 Å². The molecule has 0 radical (unpaired) electrons. The molecule has 1 atom stereocenters. The maximum absolute atomic E-state index is 12.9. The Bertz CT molecular complexity index is 846. The van der Waals surface area contributed by atoms with E-state index in [1.807, 2.05) is 12.1 Å². The second kappa shape index (κ2) is 8.97. The highest BCUT2D eigenvalue weighted by atomic mass is 32.1. The number of anilines is 1. The first kappa shape index (κ1) is 19.9. The zero-order chi connectivity index (χ0) is 20.2. The Balaban J connectivity index is 1.43. The van der Waals surface area contributed by atoms with Crippen LogP contribution in [0.3, 0.4) is 0 Å². The number of nitrogens with one attached hydrogen (secondary N) is 2. The van der Waals surface area contributed by atoms with Gasteiger partial charge >= 0.3 is 6.03 Å². The van der Waals surface area contributed by atoms with Crippen molar-refractivity contribution in [3.8, 4) is 0 Å². The average molecular weight is 413 g/mol. The molecule has 0 saturated carbocycles. The minimum Gasteiger partial charge on any atom is -0.350 e. The molecule has 4 rings (SSSR count). The van der Waals surface area contributed by atoms with Crippen LogP contribution in [-0.2, 0) is 0 Å². The maximum atomic E-state index is 12.9. The largest absolute Gasteiger partial charge is 0.350 e. The predicted molar refractivity (Wildman–Crippen MR) is 117 cm³/mol. The Labute approximate surface area is 175 Å². The van der Waals surface area contributed by atoms with Crippen LogP contribution < -0.4 is 15.5 Å². The van der Waals surface area contributed by atoms with E-state index in [2.05, 4.69) is 40.0 Å². The molecule has 3 heterocycles. The number of carbonyl (C=O) groups excluding carboxylic acids is 2. The van der Waals surface area contributed by atoms with Crippen LogP contribution >= 0.6 is 11.3 Å². The molecule has 3 amide bonds. The summed E-state index contributed by atoms with van der Waals surface area (Å²) in [5.41, 5.74) is 1.34. The molecule has 2 aliphatic heterocycles. The van der Waals surface area contributed by atoms with E-state index in [9.17, 15) is 9.59 Å². The summed E-state index contributed by atoms with van der Waals surface area (Å²) in [5.74, 6) is 0.675. The molecule has 1 aromatic heterocycles. The number of piperidine rings is 1. The molecule has 2 N–H and O–H groups in total. The molecule has 29 heavy (non-hydrogen) atoms. The predicted octanol–water partition coefficient (Wildman–Crippen LogP) is 3.48. The van der Waals surface area contributed by atoms with Gasteiger partial charge in [-0.05, 0) is 61.5 Å². The topological polar surface area (TPSA) is 64.7 Å². The Morgan fingerprint density at radius 3 is 2.76 bits per heavy atom. The molecule has 2 aliphatic rings. The molecule has 6 nitrogen and oxygen atoms in total. The molecular weight excluding hydrogens is 384 g/mol. The van der Waals surface area contributed by atoms with Crippen LogP contribution in [0.5, 0.6) is 0 Å². The minimum absolute atomic E-state index is 0.0987. The zero-order valence-electron chi connectivity index (χ0n) is 16.8. The monoisotopic (exact) mass is 412 g/mol. The summed E-state index contributed by atoms with van der Waals surface area (Å²) in [6.07, 6.45) is 2.41. The third kappa shape index (κ3) is 4.62. The fourth-order valence-electron chi connectivity index (χ4n) is 4.06. The summed E-state index contributed by atoms with van der Waals surface area (Å²) >= 11 is 1.75. The van der Waals surface area contributed by atoms with E-state index >= 15 is 0 Å². The lowest BCUT2D eigenvalue weighted by atomic mass is 9.97. The van der Waals surface area contributed by atoms with Crippen LogP contribution in [0.15, 0.2) is 41.8 Å². The third-order valence-corrected chi connectivity index (χ3v) is 6.84. The molecule has 7 heteroatoms. The van der Waals surface area contributed by atoms with Crippen molar-refractivity contribution in [1.29, 1.82) is 0 Å². The van der Waals surface area contributed by atoms with Gasteiger partial charge in [0, 0.05) is 35.8 Å². The number of urea groups is 1. The number of rotatable bonds is 6. The van der Waals surface area contributed by atoms with Crippen molar-refractivity contribution in [2.24, 2.45) is 5.92 Å². The van der Waals surface area contributed by atoms with Crippen molar-refractivity contribution in [2.75, 3.05) is 37.6 Å². The van der Waals surface area contributed by atoms with E-state index in [1.54, 1.807) is 28.4 Å². The van der Waals surface area contributed by atoms with Gasteiger partial charge in [0.05, 0.1) is 6.04 Å². The number of carbonyl (C=O) groups is 2. The molecule has 2 saturated heterocycles. The molecule has 1 unspecified atom stereocenters. The van der Waals surface area contributed by atoms with Gasteiger partial charge in [0.1, 0.15) is 0 Å². The summed E-state index contributed by atoms with van der Waals surface area (Å²) in [6.45, 7) is 6.29. The number of thiophene rings is 1. The summed E-state index contributed by atoms with van der Waals surface area (Å²) < 4.78 is 0. The van der Waals surface area contributed by atoms with Gasteiger partial charge in [-0.25, -0.2) is 4.79 Å². The van der Waals surface area contributed by atoms with Crippen molar-refractivity contribution in [1.82, 2.24) is 15.5 Å². The molecule has 2 fully saturated rings. The summed E-state index contributed by atoms with van der Waals surface area (Å²) in [6, 6.07) is 11.6. The maximum Gasteiger partial charge on any atom is 0.321 e. The standard InChI is InChI=1S/C22H28N4O2S/c1-16-7-10-25(11-8-16)19(20-6-3-13-29-20)15-24-21(27)17-4-2-5-18(14-17)26-12-9-23-22(26)28/h2-6,13-14,16,19H,7-12,15H2,1H3,(H,23,28)(H,24,27). The highest BCUT2D eigenvalue weighted by molar-refractivity contribution is 7.10. The third-order valence-electron chi connectivity index (χ3n) is 5.86. The fraction of sp³-hybridized carbons (Fsp3) is 0.455. The minimum atomic E-state index is -0.111. The first-order chi connectivity index (χ1) is 14.1. The Morgan fingerprint density at radius 2 is 2.07 bits per heavy atom. The molecule has 0 bridgehead atoms. The lowest BCUT2D eigenvalue weighted by Crippen LogP contribution is -2.41. The van der Waals surface area contributed by atoms with Crippen molar-refractivity contribution >= 4 is 29.0 Å². The van der Waals surface area contributed by atoms with Gasteiger partial charge < -0.3 is 10.6 Å². The van der Waals surface area contributed by atoms with E-state index < -0.39 is 0 Å². The molecule has 2 aromatic rings. The smallest absolute Gasteiger partial charge is 0.321 e. The number of benzene rings is 1. The van der Waals surface area contributed by atoms with Gasteiger partial charge in [-0.3, -0.25) is 14.6 Å². The fourth-order valence-corrected chi connectivity index (χ4v) is 4.92. The Hall–Kier alpha value is -2.38. The van der Waals surface area contributed by atoms with Crippen molar-refractivity contribution in [3.05, 3.63) is 52.2 Å². The lowest BCUT2D eigenvalue weighted by molar-refractivity contribution is 0.0915. The van der Waals surface area contributed by atoms with Gasteiger partial charge in [0.15, 0.2) is 0 Å². The highest BCUT2D eigenvalue weighted by Gasteiger charge is 2.26. The highest BCUT2D eigenvalue weighted by Crippen LogP contribution is 2.29. The number of hydrogen-bond acceptors (Lipinski definition) is 4. The number of amides is 3. The first-order valence-electron chi connectivity index (χ1n) is 10.3. The van der Waals surface area contributed by atoms with E-state index in [1.165, 1.54) is 17.7 Å². The van der Waals surface area contributed by atoms with Crippen LogP contribution in [0.25, 0.3) is 0 Å².